The zero-order chi connectivity index (χ0) is 18.2. The van der Waals surface area contributed by atoms with E-state index in [0.717, 1.165) is 30.3 Å². The van der Waals surface area contributed by atoms with E-state index in [4.69, 9.17) is 9.47 Å². The molecule has 0 atom stereocenters. The molecule has 3 nitrogen and oxygen atoms in total. The fraction of sp³-hybridized carbons (Fsp3) is 0.217. The van der Waals surface area contributed by atoms with Crippen LogP contribution in [0.2, 0.25) is 0 Å². The van der Waals surface area contributed by atoms with Gasteiger partial charge in [-0.05, 0) is 49.7 Å². The van der Waals surface area contributed by atoms with E-state index < -0.39 is 0 Å². The van der Waals surface area contributed by atoms with Gasteiger partial charge in [0.25, 0.3) is 0 Å². The molecule has 0 heterocycles. The number of hydrogen-bond donors (Lipinski definition) is 1. The van der Waals surface area contributed by atoms with E-state index in [1.165, 1.54) is 16.7 Å². The molecule has 3 heteroatoms. The lowest BCUT2D eigenvalue weighted by atomic mass is 10.1. The number of rotatable bonds is 8. The van der Waals surface area contributed by atoms with E-state index in [0.29, 0.717) is 6.61 Å². The molecule has 3 aromatic rings. The number of benzene rings is 3. The first-order chi connectivity index (χ1) is 12.7. The zero-order valence-electron chi connectivity index (χ0n) is 15.4. The van der Waals surface area contributed by atoms with Crippen LogP contribution in [0.3, 0.4) is 0 Å². The third kappa shape index (κ3) is 5.11. The van der Waals surface area contributed by atoms with Crippen LogP contribution in [0.15, 0.2) is 72.8 Å². The molecule has 3 aromatic carbocycles. The predicted octanol–water partition coefficient (Wildman–Crippen LogP) is 5.48. The Balaban J connectivity index is 1.58. The number of nitrogens with one attached hydrogen (secondary N) is 1. The molecule has 0 aliphatic heterocycles. The van der Waals surface area contributed by atoms with E-state index in [2.05, 4.69) is 42.6 Å². The monoisotopic (exact) mass is 347 g/mol. The molecule has 0 radical (unpaired) electrons. The SMILES string of the molecule is CCOc1ccccc1CNCc1cccc(Oc2ccc(C)cc2)c1. The van der Waals surface area contributed by atoms with Gasteiger partial charge < -0.3 is 14.8 Å². The Morgan fingerprint density at radius 1 is 0.808 bits per heavy atom. The van der Waals surface area contributed by atoms with Crippen LogP contribution in [-0.4, -0.2) is 6.61 Å². The van der Waals surface area contributed by atoms with E-state index in [1.54, 1.807) is 0 Å². The van der Waals surface area contributed by atoms with Crippen molar-refractivity contribution in [3.63, 3.8) is 0 Å². The zero-order valence-corrected chi connectivity index (χ0v) is 15.4. The van der Waals surface area contributed by atoms with Gasteiger partial charge in [-0.15, -0.1) is 0 Å². The number of ether oxygens (including phenoxy) is 2. The summed E-state index contributed by atoms with van der Waals surface area (Å²) in [6.07, 6.45) is 0. The molecule has 0 saturated heterocycles. The third-order valence-electron chi connectivity index (χ3n) is 4.07. The summed E-state index contributed by atoms with van der Waals surface area (Å²) in [6.45, 7) is 6.28. The molecule has 0 fully saturated rings. The van der Waals surface area contributed by atoms with Crippen molar-refractivity contribution in [2.45, 2.75) is 26.9 Å². The molecular formula is C23H25NO2. The molecule has 0 aromatic heterocycles. The first-order valence-electron chi connectivity index (χ1n) is 8.99. The average molecular weight is 347 g/mol. The molecule has 0 saturated carbocycles. The standard InChI is InChI=1S/C23H25NO2/c1-3-25-23-10-5-4-8-20(23)17-24-16-19-7-6-9-22(15-19)26-21-13-11-18(2)12-14-21/h4-15,24H,3,16-17H2,1-2H3. The fourth-order valence-corrected chi connectivity index (χ4v) is 2.75. The Bertz CT molecular complexity index is 828. The Morgan fingerprint density at radius 3 is 2.42 bits per heavy atom. The number of aryl methyl sites for hydroxylation is 1. The summed E-state index contributed by atoms with van der Waals surface area (Å²) in [7, 11) is 0. The minimum absolute atomic E-state index is 0.676. The van der Waals surface area contributed by atoms with Gasteiger partial charge in [0.05, 0.1) is 6.61 Å². The van der Waals surface area contributed by atoms with Crippen molar-refractivity contribution in [2.75, 3.05) is 6.61 Å². The van der Waals surface area contributed by atoms with Crippen molar-refractivity contribution < 1.29 is 9.47 Å². The van der Waals surface area contributed by atoms with Crippen molar-refractivity contribution in [1.82, 2.24) is 5.32 Å². The molecule has 0 spiro atoms. The van der Waals surface area contributed by atoms with Gasteiger partial charge >= 0.3 is 0 Å². The first-order valence-corrected chi connectivity index (χ1v) is 8.99. The fourth-order valence-electron chi connectivity index (χ4n) is 2.75. The van der Waals surface area contributed by atoms with Gasteiger partial charge in [0.15, 0.2) is 0 Å². The van der Waals surface area contributed by atoms with E-state index >= 15 is 0 Å². The average Bonchev–Trinajstić information content (AvgIpc) is 2.66. The second-order valence-corrected chi connectivity index (χ2v) is 6.21. The molecule has 134 valence electrons. The second kappa shape index (κ2) is 9.07. The van der Waals surface area contributed by atoms with E-state index in [1.807, 2.05) is 49.4 Å². The van der Waals surface area contributed by atoms with Crippen molar-refractivity contribution in [1.29, 1.82) is 0 Å². The Morgan fingerprint density at radius 2 is 1.62 bits per heavy atom. The van der Waals surface area contributed by atoms with Gasteiger partial charge in [0.2, 0.25) is 0 Å². The summed E-state index contributed by atoms with van der Waals surface area (Å²) < 4.78 is 11.6. The summed E-state index contributed by atoms with van der Waals surface area (Å²) >= 11 is 0. The van der Waals surface area contributed by atoms with Crippen LogP contribution in [-0.2, 0) is 13.1 Å². The number of para-hydroxylation sites is 1. The maximum absolute atomic E-state index is 5.94. The topological polar surface area (TPSA) is 30.5 Å². The molecule has 0 unspecified atom stereocenters. The van der Waals surface area contributed by atoms with Gasteiger partial charge in [-0.3, -0.25) is 0 Å². The van der Waals surface area contributed by atoms with E-state index in [-0.39, 0.29) is 0 Å². The molecule has 0 bridgehead atoms. The molecule has 0 aliphatic carbocycles. The maximum Gasteiger partial charge on any atom is 0.127 e. The van der Waals surface area contributed by atoms with E-state index in [9.17, 15) is 0 Å². The lowest BCUT2D eigenvalue weighted by Crippen LogP contribution is -2.13. The summed E-state index contributed by atoms with van der Waals surface area (Å²) in [5, 5.41) is 3.48. The Hall–Kier alpha value is -2.78. The largest absolute Gasteiger partial charge is 0.494 e. The summed E-state index contributed by atoms with van der Waals surface area (Å²) in [5.41, 5.74) is 3.58. The Kier molecular flexibility index (Phi) is 6.29. The van der Waals surface area contributed by atoms with Gasteiger partial charge in [0.1, 0.15) is 17.2 Å². The van der Waals surface area contributed by atoms with Crippen molar-refractivity contribution in [3.8, 4) is 17.2 Å². The lowest BCUT2D eigenvalue weighted by molar-refractivity contribution is 0.335. The van der Waals surface area contributed by atoms with Crippen LogP contribution in [0.1, 0.15) is 23.6 Å². The lowest BCUT2D eigenvalue weighted by Gasteiger charge is -2.12. The quantitative estimate of drug-likeness (QED) is 0.585. The highest BCUT2D eigenvalue weighted by atomic mass is 16.5. The minimum atomic E-state index is 0.676. The molecule has 3 rings (SSSR count). The van der Waals surface area contributed by atoms with Gasteiger partial charge in [-0.1, -0.05) is 48.0 Å². The summed E-state index contributed by atoms with van der Waals surface area (Å²) in [5.74, 6) is 2.65. The summed E-state index contributed by atoms with van der Waals surface area (Å²) in [6, 6.07) is 24.4. The number of hydrogen-bond acceptors (Lipinski definition) is 3. The first kappa shape index (κ1) is 18.0. The van der Waals surface area contributed by atoms with Crippen LogP contribution in [0.25, 0.3) is 0 Å². The highest BCUT2D eigenvalue weighted by Gasteiger charge is 2.03. The second-order valence-electron chi connectivity index (χ2n) is 6.21. The third-order valence-corrected chi connectivity index (χ3v) is 4.07. The highest BCUT2D eigenvalue weighted by molar-refractivity contribution is 5.36. The van der Waals surface area contributed by atoms with Crippen LogP contribution in [0, 0.1) is 6.92 Å². The molecule has 0 aliphatic rings. The summed E-state index contributed by atoms with van der Waals surface area (Å²) in [4.78, 5) is 0. The van der Waals surface area contributed by atoms with Crippen molar-refractivity contribution >= 4 is 0 Å². The molecular weight excluding hydrogens is 322 g/mol. The van der Waals surface area contributed by atoms with Crippen molar-refractivity contribution in [2.24, 2.45) is 0 Å². The predicted molar refractivity (Wildman–Crippen MR) is 106 cm³/mol. The normalized spacial score (nSPS) is 10.5. The maximum atomic E-state index is 5.94. The van der Waals surface area contributed by atoms with Crippen LogP contribution >= 0.6 is 0 Å². The highest BCUT2D eigenvalue weighted by Crippen LogP contribution is 2.23. The van der Waals surface area contributed by atoms with Crippen LogP contribution < -0.4 is 14.8 Å². The molecule has 26 heavy (non-hydrogen) atoms. The Labute approximate surface area is 155 Å². The smallest absolute Gasteiger partial charge is 0.127 e. The van der Waals surface area contributed by atoms with Gasteiger partial charge in [0, 0.05) is 18.7 Å². The van der Waals surface area contributed by atoms with Crippen molar-refractivity contribution in [3.05, 3.63) is 89.5 Å². The minimum Gasteiger partial charge on any atom is -0.494 e. The molecule has 1 N–H and O–H groups in total. The molecule has 0 amide bonds. The van der Waals surface area contributed by atoms with Gasteiger partial charge in [-0.25, -0.2) is 0 Å². The van der Waals surface area contributed by atoms with Gasteiger partial charge in [-0.2, -0.15) is 0 Å². The van der Waals surface area contributed by atoms with Crippen LogP contribution in [0.4, 0.5) is 0 Å². The van der Waals surface area contributed by atoms with Crippen LogP contribution in [0.5, 0.6) is 17.2 Å².